The molecule has 2 aromatic rings. The smallest absolute Gasteiger partial charge is 0.233 e. The Kier molecular flexibility index (Phi) is 5.43. The van der Waals surface area contributed by atoms with Gasteiger partial charge >= 0.3 is 0 Å². The summed E-state index contributed by atoms with van der Waals surface area (Å²) in [5.74, 6) is -0.253. The Morgan fingerprint density at radius 2 is 2.16 bits per heavy atom. The lowest BCUT2D eigenvalue weighted by atomic mass is 9.97. The third kappa shape index (κ3) is 4.24. The number of fused-ring (bicyclic) bond motifs is 1. The van der Waals surface area contributed by atoms with Gasteiger partial charge in [0.1, 0.15) is 0 Å². The Morgan fingerprint density at radius 3 is 2.92 bits per heavy atom. The van der Waals surface area contributed by atoms with Crippen LogP contribution >= 0.6 is 0 Å². The van der Waals surface area contributed by atoms with Gasteiger partial charge < -0.3 is 10.6 Å². The molecule has 1 aromatic carbocycles. The van der Waals surface area contributed by atoms with E-state index in [0.29, 0.717) is 6.42 Å². The van der Waals surface area contributed by atoms with E-state index in [1.807, 2.05) is 36.4 Å². The lowest BCUT2D eigenvalue weighted by Gasteiger charge is -2.16. The summed E-state index contributed by atoms with van der Waals surface area (Å²) < 4.78 is 0. The number of nitrogens with one attached hydrogen (secondary N) is 2. The number of anilines is 2. The minimum Gasteiger partial charge on any atom is -0.326 e. The van der Waals surface area contributed by atoms with Crippen LogP contribution in [0, 0.1) is 0 Å². The Labute approximate surface area is 147 Å². The molecule has 1 atom stereocenters. The van der Waals surface area contributed by atoms with Gasteiger partial charge in [-0.25, -0.2) is 0 Å². The third-order valence-corrected chi connectivity index (χ3v) is 4.44. The molecule has 5 nitrogen and oxygen atoms in total. The van der Waals surface area contributed by atoms with E-state index in [2.05, 4.69) is 22.5 Å². The fourth-order valence-corrected chi connectivity index (χ4v) is 3.17. The van der Waals surface area contributed by atoms with Gasteiger partial charge in [-0.1, -0.05) is 19.4 Å². The van der Waals surface area contributed by atoms with Gasteiger partial charge in [-0.3, -0.25) is 14.6 Å². The lowest BCUT2D eigenvalue weighted by Crippen LogP contribution is -2.22. The Hall–Kier alpha value is -2.69. The van der Waals surface area contributed by atoms with Crippen molar-refractivity contribution in [3.8, 4) is 0 Å². The van der Waals surface area contributed by atoms with Crippen molar-refractivity contribution in [1.82, 2.24) is 4.98 Å². The lowest BCUT2D eigenvalue weighted by molar-refractivity contribution is -0.118. The van der Waals surface area contributed by atoms with Gasteiger partial charge in [0.15, 0.2) is 0 Å². The maximum atomic E-state index is 12.8. The fraction of sp³-hybridized carbons (Fsp3) is 0.350. The highest BCUT2D eigenvalue weighted by molar-refractivity contribution is 5.97. The summed E-state index contributed by atoms with van der Waals surface area (Å²) in [5, 5.41) is 5.93. The Bertz CT molecular complexity index is 759. The van der Waals surface area contributed by atoms with Gasteiger partial charge in [-0.15, -0.1) is 0 Å². The molecule has 2 amide bonds. The number of carbonyl (C=O) groups excluding carboxylic acids is 2. The van der Waals surface area contributed by atoms with Crippen molar-refractivity contribution in [2.45, 2.75) is 44.9 Å². The zero-order valence-electron chi connectivity index (χ0n) is 14.4. The number of hydrogen-bond donors (Lipinski definition) is 2. The molecule has 2 N–H and O–H groups in total. The van der Waals surface area contributed by atoms with Crippen LogP contribution in [0.3, 0.4) is 0 Å². The molecule has 130 valence electrons. The molecular weight excluding hydrogens is 314 g/mol. The topological polar surface area (TPSA) is 71.1 Å². The SMILES string of the molecule is CCC[C@@H](C(=O)Nc1ccc2c(c1)CCCC(=O)N2)c1ccccn1. The molecule has 0 spiro atoms. The van der Waals surface area contributed by atoms with Crippen LogP contribution < -0.4 is 10.6 Å². The molecule has 0 unspecified atom stereocenters. The molecule has 0 fully saturated rings. The molecule has 0 bridgehead atoms. The van der Waals surface area contributed by atoms with Crippen molar-refractivity contribution >= 4 is 23.2 Å². The molecule has 0 radical (unpaired) electrons. The number of amides is 2. The number of rotatable bonds is 5. The molecule has 1 aliphatic heterocycles. The first-order chi connectivity index (χ1) is 12.2. The zero-order valence-corrected chi connectivity index (χ0v) is 14.4. The first kappa shape index (κ1) is 17.1. The predicted octanol–water partition coefficient (Wildman–Crippen LogP) is 3.88. The summed E-state index contributed by atoms with van der Waals surface area (Å²) in [7, 11) is 0. The van der Waals surface area contributed by atoms with Gasteiger partial charge in [0, 0.05) is 24.0 Å². The average Bonchev–Trinajstić information content (AvgIpc) is 2.80. The van der Waals surface area contributed by atoms with Crippen LogP contribution in [0.2, 0.25) is 0 Å². The quantitative estimate of drug-likeness (QED) is 0.870. The predicted molar refractivity (Wildman–Crippen MR) is 98.5 cm³/mol. The van der Waals surface area contributed by atoms with E-state index in [1.165, 1.54) is 0 Å². The molecular formula is C20H23N3O2. The fourth-order valence-electron chi connectivity index (χ4n) is 3.17. The summed E-state index contributed by atoms with van der Waals surface area (Å²) in [6.45, 7) is 2.06. The van der Waals surface area contributed by atoms with E-state index in [1.54, 1.807) is 6.20 Å². The Morgan fingerprint density at radius 1 is 1.28 bits per heavy atom. The molecule has 0 saturated heterocycles. The minimum absolute atomic E-state index is 0.0434. The summed E-state index contributed by atoms with van der Waals surface area (Å²) in [4.78, 5) is 28.8. The highest BCUT2D eigenvalue weighted by atomic mass is 16.2. The van der Waals surface area contributed by atoms with Gasteiger partial charge in [0.05, 0.1) is 11.6 Å². The van der Waals surface area contributed by atoms with E-state index in [0.717, 1.165) is 48.3 Å². The highest BCUT2D eigenvalue weighted by Gasteiger charge is 2.21. The van der Waals surface area contributed by atoms with Crippen molar-refractivity contribution in [3.05, 3.63) is 53.9 Å². The summed E-state index contributed by atoms with van der Waals surface area (Å²) >= 11 is 0. The number of carbonyl (C=O) groups is 2. The Balaban J connectivity index is 1.77. The van der Waals surface area contributed by atoms with Crippen LogP contribution in [0.5, 0.6) is 0 Å². The molecule has 25 heavy (non-hydrogen) atoms. The highest BCUT2D eigenvalue weighted by Crippen LogP contribution is 2.27. The van der Waals surface area contributed by atoms with Crippen LogP contribution in [0.1, 0.15) is 49.8 Å². The van der Waals surface area contributed by atoms with Crippen LogP contribution in [-0.4, -0.2) is 16.8 Å². The van der Waals surface area contributed by atoms with Gasteiger partial charge in [-0.05, 0) is 55.2 Å². The van der Waals surface area contributed by atoms with E-state index in [4.69, 9.17) is 0 Å². The number of pyridine rings is 1. The number of nitrogens with zero attached hydrogens (tertiary/aromatic N) is 1. The minimum atomic E-state index is -0.260. The van der Waals surface area contributed by atoms with Crippen LogP contribution in [0.25, 0.3) is 0 Å². The van der Waals surface area contributed by atoms with Crippen LogP contribution in [-0.2, 0) is 16.0 Å². The molecule has 3 rings (SSSR count). The van der Waals surface area contributed by atoms with E-state index in [9.17, 15) is 9.59 Å². The first-order valence-electron chi connectivity index (χ1n) is 8.82. The van der Waals surface area contributed by atoms with Crippen LogP contribution in [0.4, 0.5) is 11.4 Å². The largest absolute Gasteiger partial charge is 0.326 e. The van der Waals surface area contributed by atoms with Crippen molar-refractivity contribution in [2.24, 2.45) is 0 Å². The second kappa shape index (κ2) is 7.92. The maximum absolute atomic E-state index is 12.8. The second-order valence-corrected chi connectivity index (χ2v) is 6.36. The van der Waals surface area contributed by atoms with Gasteiger partial charge in [0.25, 0.3) is 0 Å². The maximum Gasteiger partial charge on any atom is 0.233 e. The van der Waals surface area contributed by atoms with Gasteiger partial charge in [0.2, 0.25) is 11.8 Å². The van der Waals surface area contributed by atoms with Crippen molar-refractivity contribution in [1.29, 1.82) is 0 Å². The van der Waals surface area contributed by atoms with E-state index < -0.39 is 0 Å². The van der Waals surface area contributed by atoms with E-state index >= 15 is 0 Å². The molecule has 1 aromatic heterocycles. The monoisotopic (exact) mass is 337 g/mol. The molecule has 2 heterocycles. The summed E-state index contributed by atoms with van der Waals surface area (Å²) in [5.41, 5.74) is 3.46. The van der Waals surface area contributed by atoms with Crippen molar-refractivity contribution < 1.29 is 9.59 Å². The number of hydrogen-bond acceptors (Lipinski definition) is 3. The number of aromatic nitrogens is 1. The average molecular weight is 337 g/mol. The molecule has 0 saturated carbocycles. The van der Waals surface area contributed by atoms with E-state index in [-0.39, 0.29) is 17.7 Å². The molecule has 5 heteroatoms. The van der Waals surface area contributed by atoms with Crippen molar-refractivity contribution in [2.75, 3.05) is 10.6 Å². The summed E-state index contributed by atoms with van der Waals surface area (Å²) in [6.07, 6.45) is 5.57. The number of aryl methyl sites for hydroxylation is 1. The second-order valence-electron chi connectivity index (χ2n) is 6.36. The van der Waals surface area contributed by atoms with Crippen LogP contribution in [0.15, 0.2) is 42.6 Å². The molecule has 1 aliphatic rings. The number of benzene rings is 1. The van der Waals surface area contributed by atoms with Crippen molar-refractivity contribution in [3.63, 3.8) is 0 Å². The standard InChI is InChI=1S/C20H23N3O2/c1-2-6-16(18-8-3-4-12-21-18)20(25)22-15-10-11-17-14(13-15)7-5-9-19(24)23-17/h3-4,8,10-13,16H,2,5-7,9H2,1H3,(H,22,25)(H,23,24)/t16-/m1/s1. The molecule has 0 aliphatic carbocycles. The normalized spacial score (nSPS) is 14.8. The zero-order chi connectivity index (χ0) is 17.6. The summed E-state index contributed by atoms with van der Waals surface area (Å²) in [6, 6.07) is 11.3. The first-order valence-corrected chi connectivity index (χ1v) is 8.82. The third-order valence-electron chi connectivity index (χ3n) is 4.44. The van der Waals surface area contributed by atoms with Gasteiger partial charge in [-0.2, -0.15) is 0 Å².